The zero-order chi connectivity index (χ0) is 22.3. The summed E-state index contributed by atoms with van der Waals surface area (Å²) in [7, 11) is 3.25. The fourth-order valence-electron chi connectivity index (χ4n) is 3.61. The molecular formula is C24H28N4O4. The van der Waals surface area contributed by atoms with Gasteiger partial charge in [-0.15, -0.1) is 0 Å². The Bertz CT molecular complexity index is 1030. The Morgan fingerprint density at radius 3 is 2.25 bits per heavy atom. The molecule has 1 amide bonds. The lowest BCUT2D eigenvalue weighted by molar-refractivity contribution is 0.0383. The van der Waals surface area contributed by atoms with E-state index in [1.54, 1.807) is 18.9 Å². The van der Waals surface area contributed by atoms with E-state index in [2.05, 4.69) is 10.2 Å². The summed E-state index contributed by atoms with van der Waals surface area (Å²) in [6, 6.07) is 16.9. The van der Waals surface area contributed by atoms with Gasteiger partial charge in [0, 0.05) is 31.7 Å². The molecule has 1 saturated heterocycles. The molecular weight excluding hydrogens is 408 g/mol. The Morgan fingerprint density at radius 1 is 1.00 bits per heavy atom. The van der Waals surface area contributed by atoms with Crippen molar-refractivity contribution in [2.24, 2.45) is 0 Å². The molecule has 0 spiro atoms. The fraction of sp³-hybridized carbons (Fsp3) is 0.333. The van der Waals surface area contributed by atoms with Crippen LogP contribution in [0.4, 0.5) is 0 Å². The van der Waals surface area contributed by atoms with Gasteiger partial charge in [-0.1, -0.05) is 0 Å². The molecule has 8 heteroatoms. The summed E-state index contributed by atoms with van der Waals surface area (Å²) in [6.45, 7) is 4.61. The highest BCUT2D eigenvalue weighted by atomic mass is 16.5. The summed E-state index contributed by atoms with van der Waals surface area (Å²) in [5, 5.41) is 7.76. The van der Waals surface area contributed by atoms with E-state index in [-0.39, 0.29) is 5.91 Å². The molecule has 1 fully saturated rings. The van der Waals surface area contributed by atoms with Crippen molar-refractivity contribution in [3.63, 3.8) is 0 Å². The number of amides is 1. The van der Waals surface area contributed by atoms with Crippen molar-refractivity contribution >= 4 is 5.91 Å². The van der Waals surface area contributed by atoms with Crippen LogP contribution in [0.1, 0.15) is 10.5 Å². The molecule has 32 heavy (non-hydrogen) atoms. The highest BCUT2D eigenvalue weighted by Crippen LogP contribution is 2.25. The van der Waals surface area contributed by atoms with Crippen LogP contribution in [0.5, 0.6) is 11.5 Å². The SMILES string of the molecule is COc1ccc(-c2cc(C(=O)NCCN3CCOCC3)n(-c3ccc(OC)cc3)n2)cc1. The topological polar surface area (TPSA) is 77.8 Å². The number of morpholine rings is 1. The molecule has 0 saturated carbocycles. The van der Waals surface area contributed by atoms with Crippen molar-refractivity contribution < 1.29 is 19.0 Å². The van der Waals surface area contributed by atoms with E-state index in [9.17, 15) is 4.79 Å². The van der Waals surface area contributed by atoms with Crippen molar-refractivity contribution in [2.45, 2.75) is 0 Å². The van der Waals surface area contributed by atoms with E-state index in [1.165, 1.54) is 0 Å². The smallest absolute Gasteiger partial charge is 0.270 e. The largest absolute Gasteiger partial charge is 0.497 e. The first-order valence-corrected chi connectivity index (χ1v) is 10.6. The van der Waals surface area contributed by atoms with Crippen LogP contribution in [0.3, 0.4) is 0 Å². The highest BCUT2D eigenvalue weighted by Gasteiger charge is 2.18. The van der Waals surface area contributed by atoms with Gasteiger partial charge in [-0.25, -0.2) is 4.68 Å². The van der Waals surface area contributed by atoms with Crippen LogP contribution in [0.2, 0.25) is 0 Å². The first-order valence-electron chi connectivity index (χ1n) is 10.6. The fourth-order valence-corrected chi connectivity index (χ4v) is 3.61. The second-order valence-electron chi connectivity index (χ2n) is 7.46. The van der Waals surface area contributed by atoms with Crippen molar-refractivity contribution in [2.75, 3.05) is 53.6 Å². The number of carbonyl (C=O) groups excluding carboxylic acids is 1. The van der Waals surface area contributed by atoms with E-state index in [0.717, 1.165) is 55.6 Å². The van der Waals surface area contributed by atoms with Gasteiger partial charge in [0.15, 0.2) is 0 Å². The second-order valence-corrected chi connectivity index (χ2v) is 7.46. The molecule has 3 aromatic rings. The van der Waals surface area contributed by atoms with E-state index in [0.29, 0.717) is 17.9 Å². The number of ether oxygens (including phenoxy) is 3. The third-order valence-electron chi connectivity index (χ3n) is 5.46. The molecule has 0 unspecified atom stereocenters. The number of carbonyl (C=O) groups is 1. The number of rotatable bonds is 8. The minimum Gasteiger partial charge on any atom is -0.497 e. The average molecular weight is 437 g/mol. The Kier molecular flexibility index (Phi) is 7.03. The minimum absolute atomic E-state index is 0.165. The maximum atomic E-state index is 13.1. The van der Waals surface area contributed by atoms with E-state index < -0.39 is 0 Å². The summed E-state index contributed by atoms with van der Waals surface area (Å²) >= 11 is 0. The molecule has 0 radical (unpaired) electrons. The molecule has 2 aromatic carbocycles. The molecule has 1 aliphatic rings. The molecule has 0 bridgehead atoms. The Balaban J connectivity index is 1.57. The lowest BCUT2D eigenvalue weighted by Gasteiger charge is -2.26. The molecule has 168 valence electrons. The predicted octanol–water partition coefficient (Wildman–Crippen LogP) is 2.62. The van der Waals surface area contributed by atoms with Gasteiger partial charge in [0.05, 0.1) is 38.8 Å². The van der Waals surface area contributed by atoms with Crippen molar-refractivity contribution in [3.8, 4) is 28.4 Å². The van der Waals surface area contributed by atoms with E-state index in [4.69, 9.17) is 19.3 Å². The average Bonchev–Trinajstić information content (AvgIpc) is 3.30. The number of hydrogen-bond donors (Lipinski definition) is 1. The van der Waals surface area contributed by atoms with Gasteiger partial charge in [0.25, 0.3) is 5.91 Å². The first kappa shape index (κ1) is 21.9. The van der Waals surface area contributed by atoms with Crippen LogP contribution in [0.15, 0.2) is 54.6 Å². The number of hydrogen-bond acceptors (Lipinski definition) is 6. The zero-order valence-corrected chi connectivity index (χ0v) is 18.4. The van der Waals surface area contributed by atoms with E-state index >= 15 is 0 Å². The lowest BCUT2D eigenvalue weighted by Crippen LogP contribution is -2.41. The number of nitrogens with zero attached hydrogens (tertiary/aromatic N) is 3. The first-order chi connectivity index (χ1) is 15.7. The van der Waals surface area contributed by atoms with Crippen LogP contribution >= 0.6 is 0 Å². The quantitative estimate of drug-likeness (QED) is 0.585. The molecule has 0 atom stereocenters. The molecule has 1 N–H and O–H groups in total. The standard InChI is InChI=1S/C24H28N4O4/c1-30-20-7-3-18(4-8-20)22-17-23(24(29)25-11-12-27-13-15-32-16-14-27)28(26-22)19-5-9-21(31-2)10-6-19/h3-10,17H,11-16H2,1-2H3,(H,25,29). The Hall–Kier alpha value is -3.36. The van der Waals surface area contributed by atoms with Gasteiger partial charge >= 0.3 is 0 Å². The predicted molar refractivity (Wildman–Crippen MR) is 122 cm³/mol. The second kappa shape index (κ2) is 10.3. The zero-order valence-electron chi connectivity index (χ0n) is 18.4. The van der Waals surface area contributed by atoms with Crippen LogP contribution in [-0.2, 0) is 4.74 Å². The monoisotopic (exact) mass is 436 g/mol. The van der Waals surface area contributed by atoms with Gasteiger partial charge in [-0.2, -0.15) is 5.10 Å². The molecule has 8 nitrogen and oxygen atoms in total. The number of benzene rings is 2. The maximum absolute atomic E-state index is 13.1. The normalized spacial score (nSPS) is 14.2. The summed E-state index contributed by atoms with van der Waals surface area (Å²) in [4.78, 5) is 15.4. The van der Waals surface area contributed by atoms with Crippen LogP contribution in [0, 0.1) is 0 Å². The molecule has 4 rings (SSSR count). The van der Waals surface area contributed by atoms with Crippen LogP contribution in [-0.4, -0.2) is 74.2 Å². The van der Waals surface area contributed by atoms with Crippen molar-refractivity contribution in [1.82, 2.24) is 20.0 Å². The Morgan fingerprint density at radius 2 is 1.62 bits per heavy atom. The third-order valence-corrected chi connectivity index (χ3v) is 5.46. The molecule has 0 aliphatic carbocycles. The number of nitrogens with one attached hydrogen (secondary N) is 1. The van der Waals surface area contributed by atoms with Gasteiger partial charge in [0.2, 0.25) is 0 Å². The minimum atomic E-state index is -0.165. The summed E-state index contributed by atoms with van der Waals surface area (Å²) < 4.78 is 17.5. The number of aromatic nitrogens is 2. The van der Waals surface area contributed by atoms with Gasteiger partial charge in [-0.05, 0) is 54.6 Å². The van der Waals surface area contributed by atoms with Crippen molar-refractivity contribution in [3.05, 3.63) is 60.3 Å². The molecule has 1 aromatic heterocycles. The molecule has 1 aliphatic heterocycles. The van der Waals surface area contributed by atoms with Gasteiger partial charge in [0.1, 0.15) is 17.2 Å². The summed E-state index contributed by atoms with van der Waals surface area (Å²) in [5.41, 5.74) is 2.87. The lowest BCUT2D eigenvalue weighted by atomic mass is 10.1. The van der Waals surface area contributed by atoms with E-state index in [1.807, 2.05) is 54.6 Å². The summed E-state index contributed by atoms with van der Waals surface area (Å²) in [5.74, 6) is 1.35. The Labute approximate surface area is 187 Å². The third kappa shape index (κ3) is 5.09. The molecule has 2 heterocycles. The van der Waals surface area contributed by atoms with Gasteiger partial charge in [-0.3, -0.25) is 9.69 Å². The highest BCUT2D eigenvalue weighted by molar-refractivity contribution is 5.94. The van der Waals surface area contributed by atoms with Crippen LogP contribution < -0.4 is 14.8 Å². The van der Waals surface area contributed by atoms with Crippen molar-refractivity contribution in [1.29, 1.82) is 0 Å². The number of methoxy groups -OCH3 is 2. The maximum Gasteiger partial charge on any atom is 0.270 e. The van der Waals surface area contributed by atoms with Gasteiger partial charge < -0.3 is 19.5 Å². The summed E-state index contributed by atoms with van der Waals surface area (Å²) in [6.07, 6.45) is 0. The van der Waals surface area contributed by atoms with Crippen LogP contribution in [0.25, 0.3) is 16.9 Å².